The van der Waals surface area contributed by atoms with Crippen molar-refractivity contribution in [3.05, 3.63) is 18.4 Å². The van der Waals surface area contributed by atoms with E-state index in [0.29, 0.717) is 6.42 Å². The first-order valence-corrected chi connectivity index (χ1v) is 5.38. The molecule has 98 valence electrons. The van der Waals surface area contributed by atoms with Crippen LogP contribution in [-0.4, -0.2) is 25.3 Å². The summed E-state index contributed by atoms with van der Waals surface area (Å²) in [4.78, 5) is 10.9. The minimum atomic E-state index is -0.275. The first-order chi connectivity index (χ1) is 7.65. The second kappa shape index (κ2) is 15.4. The van der Waals surface area contributed by atoms with E-state index in [-0.39, 0.29) is 37.8 Å². The van der Waals surface area contributed by atoms with Gasteiger partial charge in [-0.2, -0.15) is 6.92 Å². The molecule has 5 heteroatoms. The van der Waals surface area contributed by atoms with Crippen LogP contribution in [0.3, 0.4) is 0 Å². The Balaban J connectivity index is -0.000000616. The van der Waals surface area contributed by atoms with Gasteiger partial charge in [-0.05, 0) is 12.8 Å². The predicted octanol–water partition coefficient (Wildman–Crippen LogP) is 2.99. The van der Waals surface area contributed by atoms with Crippen LogP contribution >= 0.6 is 0 Å². The van der Waals surface area contributed by atoms with Gasteiger partial charge >= 0.3 is 5.97 Å². The number of esters is 1. The fraction of sp³-hybridized carbons (Fsp3) is 0.667. The predicted molar refractivity (Wildman–Crippen MR) is 63.9 cm³/mol. The molecule has 0 amide bonds. The number of aliphatic hydroxyl groups excluding tert-OH is 1. The van der Waals surface area contributed by atoms with Crippen molar-refractivity contribution >= 4 is 5.97 Å². The number of hydrogen-bond acceptors (Lipinski definition) is 4. The standard InChI is InChI=1S/C10H18O4.C2H5.Zn/c1-4-5-8(10(12)14-3)6-7-9(11)13-2;1-2;/h12H,4-7H2,1-3H3;1H2,2H3;/q;-1;/b10-8+;;. The van der Waals surface area contributed by atoms with Crippen molar-refractivity contribution in [1.82, 2.24) is 0 Å². The Kier molecular flexibility index (Phi) is 19.7. The number of aliphatic hydroxyl groups is 1. The van der Waals surface area contributed by atoms with Gasteiger partial charge in [-0.15, -0.1) is 0 Å². The molecule has 0 heterocycles. The molecule has 0 atom stereocenters. The number of allylic oxidation sites excluding steroid dienone is 1. The minimum Gasteiger partial charge on any atom is -0.481 e. The summed E-state index contributed by atoms with van der Waals surface area (Å²) < 4.78 is 9.22. The quantitative estimate of drug-likeness (QED) is 0.354. The van der Waals surface area contributed by atoms with E-state index in [0.717, 1.165) is 18.4 Å². The van der Waals surface area contributed by atoms with E-state index in [1.54, 1.807) is 6.92 Å². The summed E-state index contributed by atoms with van der Waals surface area (Å²) in [6.07, 6.45) is 2.40. The molecule has 0 aliphatic rings. The molecule has 0 radical (unpaired) electrons. The van der Waals surface area contributed by atoms with E-state index in [2.05, 4.69) is 11.7 Å². The van der Waals surface area contributed by atoms with Crippen LogP contribution in [0.5, 0.6) is 0 Å². The minimum absolute atomic E-state index is 0. The maximum atomic E-state index is 10.9. The molecule has 0 unspecified atom stereocenters. The molecule has 0 bridgehead atoms. The fourth-order valence-electron chi connectivity index (χ4n) is 1.14. The third-order valence-electron chi connectivity index (χ3n) is 1.91. The van der Waals surface area contributed by atoms with Gasteiger partial charge < -0.3 is 21.5 Å². The van der Waals surface area contributed by atoms with Crippen LogP contribution in [0.25, 0.3) is 0 Å². The van der Waals surface area contributed by atoms with Crippen molar-refractivity contribution in [2.75, 3.05) is 14.2 Å². The second-order valence-electron chi connectivity index (χ2n) is 2.94. The average Bonchev–Trinajstić information content (AvgIpc) is 2.35. The van der Waals surface area contributed by atoms with E-state index < -0.39 is 0 Å². The zero-order chi connectivity index (χ0) is 13.0. The van der Waals surface area contributed by atoms with Crippen LogP contribution in [0.4, 0.5) is 0 Å². The largest absolute Gasteiger partial charge is 0.481 e. The number of ether oxygens (including phenoxy) is 2. The van der Waals surface area contributed by atoms with Crippen molar-refractivity contribution in [2.45, 2.75) is 39.5 Å². The SMILES string of the molecule is CCC/C(CCC(=O)OC)=C(/O)OC.[CH2-]C.[Zn]. The molecule has 4 nitrogen and oxygen atoms in total. The van der Waals surface area contributed by atoms with E-state index in [1.165, 1.54) is 14.2 Å². The fourth-order valence-corrected chi connectivity index (χ4v) is 1.14. The number of carbonyl (C=O) groups excluding carboxylic acids is 1. The molecule has 0 aliphatic heterocycles. The summed E-state index contributed by atoms with van der Waals surface area (Å²) in [6.45, 7) is 7.00. The van der Waals surface area contributed by atoms with Crippen molar-refractivity contribution in [3.63, 3.8) is 0 Å². The smallest absolute Gasteiger partial charge is 0.305 e. The molecule has 0 spiro atoms. The zero-order valence-corrected chi connectivity index (χ0v) is 14.4. The van der Waals surface area contributed by atoms with Crippen LogP contribution in [0.2, 0.25) is 0 Å². The van der Waals surface area contributed by atoms with Crippen molar-refractivity contribution in [1.29, 1.82) is 0 Å². The van der Waals surface area contributed by atoms with Gasteiger partial charge in [0.05, 0.1) is 14.2 Å². The molecule has 17 heavy (non-hydrogen) atoms. The van der Waals surface area contributed by atoms with E-state index in [9.17, 15) is 9.90 Å². The molecule has 0 rings (SSSR count). The van der Waals surface area contributed by atoms with Gasteiger partial charge in [-0.3, -0.25) is 4.79 Å². The van der Waals surface area contributed by atoms with Gasteiger partial charge in [0, 0.05) is 31.5 Å². The Morgan fingerprint density at radius 1 is 1.12 bits per heavy atom. The van der Waals surface area contributed by atoms with Crippen LogP contribution in [0.15, 0.2) is 11.5 Å². The summed E-state index contributed by atoms with van der Waals surface area (Å²) in [5, 5.41) is 9.34. The van der Waals surface area contributed by atoms with Crippen molar-refractivity contribution < 1.29 is 38.9 Å². The molecular weight excluding hydrogens is 274 g/mol. The van der Waals surface area contributed by atoms with Crippen LogP contribution < -0.4 is 0 Å². The zero-order valence-electron chi connectivity index (χ0n) is 11.4. The average molecular weight is 297 g/mol. The monoisotopic (exact) mass is 295 g/mol. The van der Waals surface area contributed by atoms with E-state index in [4.69, 9.17) is 4.74 Å². The number of hydrogen-bond donors (Lipinski definition) is 1. The summed E-state index contributed by atoms with van der Waals surface area (Å²) in [7, 11) is 2.75. The van der Waals surface area contributed by atoms with Crippen LogP contribution in [-0.2, 0) is 33.7 Å². The second-order valence-corrected chi connectivity index (χ2v) is 2.94. The van der Waals surface area contributed by atoms with Gasteiger partial charge in [0.15, 0.2) is 0 Å². The van der Waals surface area contributed by atoms with Gasteiger partial charge in [-0.1, -0.05) is 13.3 Å². The normalized spacial score (nSPS) is 10.2. The first-order valence-electron chi connectivity index (χ1n) is 5.38. The van der Waals surface area contributed by atoms with Gasteiger partial charge in [0.2, 0.25) is 0 Å². The summed E-state index contributed by atoms with van der Waals surface area (Å²) in [5.41, 5.74) is 0.764. The van der Waals surface area contributed by atoms with Crippen molar-refractivity contribution in [2.24, 2.45) is 0 Å². The molecule has 0 fully saturated rings. The molecule has 0 aromatic carbocycles. The summed E-state index contributed by atoms with van der Waals surface area (Å²) in [5.74, 6) is -0.349. The Morgan fingerprint density at radius 3 is 2.00 bits per heavy atom. The van der Waals surface area contributed by atoms with Crippen LogP contribution in [0, 0.1) is 6.92 Å². The molecule has 0 aliphatic carbocycles. The Hall–Kier alpha value is -0.567. The molecule has 0 aromatic heterocycles. The third kappa shape index (κ3) is 11.7. The van der Waals surface area contributed by atoms with E-state index in [1.807, 2.05) is 6.92 Å². The first kappa shape index (κ1) is 21.7. The Labute approximate surface area is 117 Å². The summed E-state index contributed by atoms with van der Waals surface area (Å²) in [6, 6.07) is 0. The molecule has 0 saturated heterocycles. The molecule has 1 N–H and O–H groups in total. The summed E-state index contributed by atoms with van der Waals surface area (Å²) >= 11 is 0. The molecular formula is C12H23O4Zn-. The molecule has 0 saturated carbocycles. The Morgan fingerprint density at radius 2 is 1.65 bits per heavy atom. The van der Waals surface area contributed by atoms with Crippen molar-refractivity contribution in [3.8, 4) is 0 Å². The molecule has 0 aromatic rings. The third-order valence-corrected chi connectivity index (χ3v) is 1.91. The number of rotatable bonds is 6. The van der Waals surface area contributed by atoms with Gasteiger partial charge in [0.1, 0.15) is 0 Å². The number of methoxy groups -OCH3 is 2. The number of carbonyl (C=O) groups is 1. The van der Waals surface area contributed by atoms with E-state index >= 15 is 0 Å². The Bertz CT molecular complexity index is 215. The topological polar surface area (TPSA) is 55.8 Å². The van der Waals surface area contributed by atoms with Crippen LogP contribution in [0.1, 0.15) is 39.5 Å². The van der Waals surface area contributed by atoms with Gasteiger partial charge in [0.25, 0.3) is 5.95 Å². The maximum Gasteiger partial charge on any atom is 0.305 e. The van der Waals surface area contributed by atoms with Gasteiger partial charge in [-0.25, -0.2) is 0 Å². The maximum absolute atomic E-state index is 10.9.